The van der Waals surface area contributed by atoms with Crippen LogP contribution in [0.1, 0.15) is 17.8 Å². The number of ether oxygens (including phenoxy) is 1. The summed E-state index contributed by atoms with van der Waals surface area (Å²) in [6.07, 6.45) is 0. The minimum atomic E-state index is 0.302. The van der Waals surface area contributed by atoms with Gasteiger partial charge in [-0.1, -0.05) is 18.2 Å². The lowest BCUT2D eigenvalue weighted by atomic mass is 10.2. The van der Waals surface area contributed by atoms with Crippen molar-refractivity contribution < 1.29 is 4.74 Å². The molecule has 0 saturated carbocycles. The van der Waals surface area contributed by atoms with Crippen molar-refractivity contribution in [3.63, 3.8) is 0 Å². The number of hydrogen-bond acceptors (Lipinski definition) is 3. The highest BCUT2D eigenvalue weighted by molar-refractivity contribution is 7.10. The maximum absolute atomic E-state index is 5.30. The molecule has 84 valence electrons. The molecule has 1 heterocycles. The third-order valence-electron chi connectivity index (χ3n) is 2.45. The summed E-state index contributed by atoms with van der Waals surface area (Å²) in [5.74, 6) is 0.880. The fourth-order valence-electron chi connectivity index (χ4n) is 1.61. The normalized spacial score (nSPS) is 12.1. The molecular weight excluding hydrogens is 218 g/mol. The molecule has 3 heteroatoms. The van der Waals surface area contributed by atoms with E-state index in [1.165, 1.54) is 4.88 Å². The van der Waals surface area contributed by atoms with Gasteiger partial charge in [0.2, 0.25) is 0 Å². The van der Waals surface area contributed by atoms with Crippen molar-refractivity contribution in [1.29, 1.82) is 0 Å². The first kappa shape index (κ1) is 11.0. The topological polar surface area (TPSA) is 21.3 Å². The Bertz CT molecular complexity index is 439. The molecule has 0 aliphatic carbocycles. The lowest BCUT2D eigenvalue weighted by Crippen LogP contribution is -2.05. The third kappa shape index (κ3) is 2.36. The Balaban J connectivity index is 2.14. The first-order valence-corrected chi connectivity index (χ1v) is 6.12. The zero-order valence-corrected chi connectivity index (χ0v) is 10.3. The highest BCUT2D eigenvalue weighted by atomic mass is 32.1. The highest BCUT2D eigenvalue weighted by Gasteiger charge is 2.08. The van der Waals surface area contributed by atoms with E-state index in [2.05, 4.69) is 29.8 Å². The van der Waals surface area contributed by atoms with Crippen LogP contribution in [0, 0.1) is 0 Å². The monoisotopic (exact) mass is 233 g/mol. The molecule has 1 atom stereocenters. The van der Waals surface area contributed by atoms with Crippen LogP contribution >= 0.6 is 11.3 Å². The van der Waals surface area contributed by atoms with Gasteiger partial charge < -0.3 is 10.1 Å². The highest BCUT2D eigenvalue weighted by Crippen LogP contribution is 2.28. The van der Waals surface area contributed by atoms with Crippen molar-refractivity contribution in [3.05, 3.63) is 46.7 Å². The third-order valence-corrected chi connectivity index (χ3v) is 3.50. The molecule has 2 nitrogen and oxygen atoms in total. The largest absolute Gasteiger partial charge is 0.495 e. The van der Waals surface area contributed by atoms with Gasteiger partial charge in [-0.25, -0.2) is 0 Å². The van der Waals surface area contributed by atoms with Crippen LogP contribution in [-0.2, 0) is 0 Å². The van der Waals surface area contributed by atoms with Crippen LogP contribution < -0.4 is 10.1 Å². The molecular formula is C13H15NOS. The second-order valence-electron chi connectivity index (χ2n) is 3.58. The van der Waals surface area contributed by atoms with Crippen LogP contribution in [0.4, 0.5) is 5.69 Å². The fraction of sp³-hybridized carbons (Fsp3) is 0.231. The average Bonchev–Trinajstić information content (AvgIpc) is 2.83. The van der Waals surface area contributed by atoms with Crippen molar-refractivity contribution in [2.24, 2.45) is 0 Å². The summed E-state index contributed by atoms with van der Waals surface area (Å²) < 4.78 is 5.30. The zero-order chi connectivity index (χ0) is 11.4. The SMILES string of the molecule is COc1ccccc1NC(C)c1cccs1. The van der Waals surface area contributed by atoms with Crippen LogP contribution in [0.25, 0.3) is 0 Å². The van der Waals surface area contributed by atoms with Crippen LogP contribution in [0.3, 0.4) is 0 Å². The summed E-state index contributed by atoms with van der Waals surface area (Å²) in [7, 11) is 1.69. The number of thiophene rings is 1. The minimum Gasteiger partial charge on any atom is -0.495 e. The van der Waals surface area contributed by atoms with E-state index in [0.717, 1.165) is 11.4 Å². The Morgan fingerprint density at radius 2 is 2.00 bits per heavy atom. The van der Waals surface area contributed by atoms with Gasteiger partial charge in [-0.05, 0) is 30.5 Å². The molecule has 1 N–H and O–H groups in total. The minimum absolute atomic E-state index is 0.302. The van der Waals surface area contributed by atoms with Crippen LogP contribution in [0.2, 0.25) is 0 Å². The molecule has 16 heavy (non-hydrogen) atoms. The molecule has 0 fully saturated rings. The predicted molar refractivity (Wildman–Crippen MR) is 69.4 cm³/mol. The molecule has 2 rings (SSSR count). The molecule has 0 spiro atoms. The first-order chi connectivity index (χ1) is 7.81. The standard InChI is InChI=1S/C13H15NOS/c1-10(13-8-5-9-16-13)14-11-6-3-4-7-12(11)15-2/h3-10,14H,1-2H3. The quantitative estimate of drug-likeness (QED) is 0.864. The van der Waals surface area contributed by atoms with E-state index in [4.69, 9.17) is 4.74 Å². The van der Waals surface area contributed by atoms with Crippen molar-refractivity contribution in [1.82, 2.24) is 0 Å². The summed E-state index contributed by atoms with van der Waals surface area (Å²) in [5.41, 5.74) is 1.03. The van der Waals surface area contributed by atoms with E-state index >= 15 is 0 Å². The van der Waals surface area contributed by atoms with Crippen LogP contribution in [0.15, 0.2) is 41.8 Å². The molecule has 0 aliphatic heterocycles. The molecule has 0 radical (unpaired) electrons. The van der Waals surface area contributed by atoms with Gasteiger partial charge in [0, 0.05) is 4.88 Å². The van der Waals surface area contributed by atoms with Crippen LogP contribution in [-0.4, -0.2) is 7.11 Å². The van der Waals surface area contributed by atoms with Gasteiger partial charge in [-0.15, -0.1) is 11.3 Å². The second kappa shape index (κ2) is 5.03. The van der Waals surface area contributed by atoms with Gasteiger partial charge in [-0.3, -0.25) is 0 Å². The number of para-hydroxylation sites is 2. The van der Waals surface area contributed by atoms with Crippen molar-refractivity contribution in [3.8, 4) is 5.75 Å². The smallest absolute Gasteiger partial charge is 0.141 e. The molecule has 0 saturated heterocycles. The molecule has 0 bridgehead atoms. The zero-order valence-electron chi connectivity index (χ0n) is 9.44. The molecule has 0 amide bonds. The van der Waals surface area contributed by atoms with E-state index in [9.17, 15) is 0 Å². The summed E-state index contributed by atoms with van der Waals surface area (Å²) in [5, 5.41) is 5.54. The Hall–Kier alpha value is -1.48. The molecule has 1 unspecified atom stereocenters. The van der Waals surface area contributed by atoms with Gasteiger partial charge in [0.1, 0.15) is 5.75 Å². The number of methoxy groups -OCH3 is 1. The number of nitrogens with one attached hydrogen (secondary N) is 1. The number of anilines is 1. The van der Waals surface area contributed by atoms with Gasteiger partial charge in [0.15, 0.2) is 0 Å². The van der Waals surface area contributed by atoms with E-state index in [1.807, 2.05) is 24.3 Å². The molecule has 1 aromatic heterocycles. The van der Waals surface area contributed by atoms with Gasteiger partial charge in [-0.2, -0.15) is 0 Å². The summed E-state index contributed by atoms with van der Waals surface area (Å²) in [4.78, 5) is 1.32. The number of hydrogen-bond donors (Lipinski definition) is 1. The van der Waals surface area contributed by atoms with E-state index in [1.54, 1.807) is 18.4 Å². The summed E-state index contributed by atoms with van der Waals surface area (Å²) >= 11 is 1.76. The lowest BCUT2D eigenvalue weighted by molar-refractivity contribution is 0.416. The summed E-state index contributed by atoms with van der Waals surface area (Å²) in [6.45, 7) is 2.15. The average molecular weight is 233 g/mol. The predicted octanol–water partition coefficient (Wildman–Crippen LogP) is 3.93. The van der Waals surface area contributed by atoms with Crippen molar-refractivity contribution >= 4 is 17.0 Å². The van der Waals surface area contributed by atoms with Crippen molar-refractivity contribution in [2.45, 2.75) is 13.0 Å². The first-order valence-electron chi connectivity index (χ1n) is 5.24. The van der Waals surface area contributed by atoms with E-state index in [0.29, 0.717) is 6.04 Å². The van der Waals surface area contributed by atoms with Crippen LogP contribution in [0.5, 0.6) is 5.75 Å². The van der Waals surface area contributed by atoms with Gasteiger partial charge >= 0.3 is 0 Å². The Morgan fingerprint density at radius 3 is 2.69 bits per heavy atom. The Morgan fingerprint density at radius 1 is 1.19 bits per heavy atom. The molecule has 2 aromatic rings. The lowest BCUT2D eigenvalue weighted by Gasteiger charge is -2.16. The fourth-order valence-corrected chi connectivity index (χ4v) is 2.34. The number of benzene rings is 1. The Labute approximate surface area is 99.9 Å². The van der Waals surface area contributed by atoms with E-state index in [-0.39, 0.29) is 0 Å². The number of rotatable bonds is 4. The second-order valence-corrected chi connectivity index (χ2v) is 4.56. The maximum atomic E-state index is 5.30. The summed E-state index contributed by atoms with van der Waals surface area (Å²) in [6, 6.07) is 12.5. The van der Waals surface area contributed by atoms with E-state index < -0.39 is 0 Å². The maximum Gasteiger partial charge on any atom is 0.141 e. The van der Waals surface area contributed by atoms with Crippen molar-refractivity contribution in [2.75, 3.05) is 12.4 Å². The van der Waals surface area contributed by atoms with Gasteiger partial charge in [0.05, 0.1) is 18.8 Å². The van der Waals surface area contributed by atoms with Gasteiger partial charge in [0.25, 0.3) is 0 Å². The molecule has 1 aromatic carbocycles. The molecule has 0 aliphatic rings. The Kier molecular flexibility index (Phi) is 3.47.